The Bertz CT molecular complexity index is 994. The van der Waals surface area contributed by atoms with Crippen molar-refractivity contribution in [2.45, 2.75) is 20.0 Å². The Kier molecular flexibility index (Phi) is 5.28. The molecule has 26 heavy (non-hydrogen) atoms. The third kappa shape index (κ3) is 3.73. The van der Waals surface area contributed by atoms with Gasteiger partial charge in [-0.25, -0.2) is 9.59 Å². The lowest BCUT2D eigenvalue weighted by molar-refractivity contribution is -0.150. The lowest BCUT2D eigenvalue weighted by Gasteiger charge is -2.15. The SMILES string of the molecule is CCOC(=O)[C@H](C)Oc1cc2oc(=O)cc(-c3ccccc3)c2cc1Cl. The molecule has 5 nitrogen and oxygen atoms in total. The van der Waals surface area contributed by atoms with Crippen LogP contribution in [0.4, 0.5) is 0 Å². The van der Waals surface area contributed by atoms with Gasteiger partial charge in [-0.2, -0.15) is 0 Å². The van der Waals surface area contributed by atoms with Crippen molar-refractivity contribution in [1.29, 1.82) is 0 Å². The van der Waals surface area contributed by atoms with Crippen molar-refractivity contribution >= 4 is 28.5 Å². The van der Waals surface area contributed by atoms with E-state index in [4.69, 9.17) is 25.5 Å². The summed E-state index contributed by atoms with van der Waals surface area (Å²) in [4.78, 5) is 23.7. The van der Waals surface area contributed by atoms with E-state index in [0.717, 1.165) is 5.56 Å². The van der Waals surface area contributed by atoms with Gasteiger partial charge in [0.25, 0.3) is 0 Å². The normalized spacial score (nSPS) is 12.0. The molecule has 0 aliphatic carbocycles. The predicted octanol–water partition coefficient (Wildman–Crippen LogP) is 4.44. The van der Waals surface area contributed by atoms with Crippen LogP contribution < -0.4 is 10.4 Å². The number of esters is 1. The molecule has 0 unspecified atom stereocenters. The molecular formula is C20H17ClO5. The lowest BCUT2D eigenvalue weighted by Crippen LogP contribution is -2.26. The molecular weight excluding hydrogens is 356 g/mol. The molecule has 0 aliphatic heterocycles. The van der Waals surface area contributed by atoms with E-state index in [1.165, 1.54) is 12.1 Å². The number of rotatable bonds is 5. The summed E-state index contributed by atoms with van der Waals surface area (Å²) in [6.45, 7) is 3.54. The van der Waals surface area contributed by atoms with Crippen LogP contribution in [0.25, 0.3) is 22.1 Å². The minimum Gasteiger partial charge on any atom is -0.477 e. The zero-order valence-corrected chi connectivity index (χ0v) is 15.1. The van der Waals surface area contributed by atoms with Crippen molar-refractivity contribution in [2.75, 3.05) is 6.61 Å². The van der Waals surface area contributed by atoms with E-state index in [-0.39, 0.29) is 12.4 Å². The van der Waals surface area contributed by atoms with Gasteiger partial charge >= 0.3 is 11.6 Å². The minimum absolute atomic E-state index is 0.244. The highest BCUT2D eigenvalue weighted by atomic mass is 35.5. The summed E-state index contributed by atoms with van der Waals surface area (Å²) in [5, 5.41) is 0.983. The first-order valence-electron chi connectivity index (χ1n) is 8.15. The van der Waals surface area contributed by atoms with Gasteiger partial charge in [0.2, 0.25) is 0 Å². The van der Waals surface area contributed by atoms with Gasteiger partial charge in [-0.15, -0.1) is 0 Å². The van der Waals surface area contributed by atoms with Crippen LogP contribution in [-0.2, 0) is 9.53 Å². The van der Waals surface area contributed by atoms with Crippen LogP contribution in [0.2, 0.25) is 5.02 Å². The first-order valence-corrected chi connectivity index (χ1v) is 8.53. The first-order chi connectivity index (χ1) is 12.5. The smallest absolute Gasteiger partial charge is 0.347 e. The highest BCUT2D eigenvalue weighted by molar-refractivity contribution is 6.33. The number of benzene rings is 2. The minimum atomic E-state index is -0.839. The summed E-state index contributed by atoms with van der Waals surface area (Å²) in [5.41, 5.74) is 1.42. The average molecular weight is 373 g/mol. The molecule has 1 atom stereocenters. The Morgan fingerprint density at radius 1 is 1.19 bits per heavy atom. The fourth-order valence-electron chi connectivity index (χ4n) is 2.61. The molecule has 0 radical (unpaired) electrons. The average Bonchev–Trinajstić information content (AvgIpc) is 2.63. The van der Waals surface area contributed by atoms with Crippen molar-refractivity contribution in [3.05, 3.63) is 64.0 Å². The number of halogens is 1. The van der Waals surface area contributed by atoms with Crippen LogP contribution >= 0.6 is 11.6 Å². The summed E-state index contributed by atoms with van der Waals surface area (Å²) in [6, 6.07) is 14.1. The molecule has 0 N–H and O–H groups in total. The van der Waals surface area contributed by atoms with E-state index in [1.54, 1.807) is 19.9 Å². The molecule has 0 saturated carbocycles. The maximum Gasteiger partial charge on any atom is 0.347 e. The van der Waals surface area contributed by atoms with Gasteiger partial charge < -0.3 is 13.9 Å². The summed E-state index contributed by atoms with van der Waals surface area (Å²) >= 11 is 6.33. The Labute approximate surface area is 155 Å². The Morgan fingerprint density at radius 3 is 2.62 bits per heavy atom. The molecule has 3 rings (SSSR count). The quantitative estimate of drug-likeness (QED) is 0.489. The number of carbonyl (C=O) groups is 1. The Balaban J connectivity index is 2.07. The monoisotopic (exact) mass is 372 g/mol. The van der Waals surface area contributed by atoms with Crippen LogP contribution in [0.5, 0.6) is 5.75 Å². The van der Waals surface area contributed by atoms with E-state index in [0.29, 0.717) is 21.6 Å². The van der Waals surface area contributed by atoms with Crippen molar-refractivity contribution in [2.24, 2.45) is 0 Å². The maximum atomic E-state index is 12.0. The highest BCUT2D eigenvalue weighted by Gasteiger charge is 2.19. The zero-order chi connectivity index (χ0) is 18.7. The number of carbonyl (C=O) groups excluding carboxylic acids is 1. The highest BCUT2D eigenvalue weighted by Crippen LogP contribution is 2.35. The molecule has 134 valence electrons. The molecule has 2 aromatic carbocycles. The molecule has 0 bridgehead atoms. The van der Waals surface area contributed by atoms with Crippen molar-refractivity contribution in [1.82, 2.24) is 0 Å². The second-order valence-electron chi connectivity index (χ2n) is 5.64. The van der Waals surface area contributed by atoms with Crippen LogP contribution in [0.3, 0.4) is 0 Å². The van der Waals surface area contributed by atoms with Crippen molar-refractivity contribution in [3.8, 4) is 16.9 Å². The molecule has 0 amide bonds. The molecule has 0 saturated heterocycles. The van der Waals surface area contributed by atoms with Gasteiger partial charge in [-0.3, -0.25) is 0 Å². The van der Waals surface area contributed by atoms with Crippen LogP contribution in [-0.4, -0.2) is 18.7 Å². The second-order valence-corrected chi connectivity index (χ2v) is 6.04. The van der Waals surface area contributed by atoms with Gasteiger partial charge in [-0.1, -0.05) is 41.9 Å². The maximum absolute atomic E-state index is 12.0. The van der Waals surface area contributed by atoms with Gasteiger partial charge in [0.1, 0.15) is 11.3 Å². The lowest BCUT2D eigenvalue weighted by atomic mass is 10.0. The van der Waals surface area contributed by atoms with Gasteiger partial charge in [0.15, 0.2) is 6.10 Å². The molecule has 0 fully saturated rings. The van der Waals surface area contributed by atoms with Crippen molar-refractivity contribution < 1.29 is 18.7 Å². The van der Waals surface area contributed by atoms with Crippen LogP contribution in [0.15, 0.2) is 57.7 Å². The second kappa shape index (κ2) is 7.62. The summed E-state index contributed by atoms with van der Waals surface area (Å²) in [5.74, 6) is -0.253. The predicted molar refractivity (Wildman–Crippen MR) is 99.7 cm³/mol. The summed E-state index contributed by atoms with van der Waals surface area (Å²) in [7, 11) is 0. The van der Waals surface area contributed by atoms with E-state index in [2.05, 4.69) is 0 Å². The third-order valence-corrected chi connectivity index (χ3v) is 4.10. The topological polar surface area (TPSA) is 65.7 Å². The fraction of sp³-hybridized carbons (Fsp3) is 0.200. The fourth-order valence-corrected chi connectivity index (χ4v) is 2.82. The Hall–Kier alpha value is -2.79. The first kappa shape index (κ1) is 18.0. The third-order valence-electron chi connectivity index (χ3n) is 3.80. The van der Waals surface area contributed by atoms with E-state index in [9.17, 15) is 9.59 Å². The number of hydrogen-bond donors (Lipinski definition) is 0. The largest absolute Gasteiger partial charge is 0.477 e. The standard InChI is InChI=1S/C20H17ClO5/c1-3-24-20(23)12(2)25-18-11-17-15(9-16(18)21)14(10-19(22)26-17)13-7-5-4-6-8-13/h4-12H,3H2,1-2H3/t12-/m0/s1. The van der Waals surface area contributed by atoms with Gasteiger partial charge in [-0.05, 0) is 31.0 Å². The molecule has 0 spiro atoms. The zero-order valence-electron chi connectivity index (χ0n) is 14.3. The molecule has 0 aliphatic rings. The van der Waals surface area contributed by atoms with Crippen LogP contribution in [0, 0.1) is 0 Å². The van der Waals surface area contributed by atoms with E-state index < -0.39 is 17.7 Å². The summed E-state index contributed by atoms with van der Waals surface area (Å²) < 4.78 is 15.8. The van der Waals surface area contributed by atoms with Gasteiger partial charge in [0, 0.05) is 17.5 Å². The number of fused-ring (bicyclic) bond motifs is 1. The molecule has 6 heteroatoms. The molecule has 3 aromatic rings. The van der Waals surface area contributed by atoms with E-state index in [1.807, 2.05) is 30.3 Å². The molecule has 1 heterocycles. The van der Waals surface area contributed by atoms with E-state index >= 15 is 0 Å². The van der Waals surface area contributed by atoms with Crippen molar-refractivity contribution in [3.63, 3.8) is 0 Å². The number of hydrogen-bond acceptors (Lipinski definition) is 5. The summed E-state index contributed by atoms with van der Waals surface area (Å²) in [6.07, 6.45) is -0.839. The van der Waals surface area contributed by atoms with Gasteiger partial charge in [0.05, 0.1) is 11.6 Å². The van der Waals surface area contributed by atoms with Crippen LogP contribution in [0.1, 0.15) is 13.8 Å². The Morgan fingerprint density at radius 2 is 1.92 bits per heavy atom. The molecule has 1 aromatic heterocycles. The number of ether oxygens (including phenoxy) is 2.